The van der Waals surface area contributed by atoms with Gasteiger partial charge in [0.2, 0.25) is 0 Å². The SMILES string of the molecule is NSc1nc2ccccc2nc1Cl. The Balaban J connectivity index is 2.74. The Bertz CT molecular complexity index is 446. The van der Waals surface area contributed by atoms with Crippen LogP contribution in [-0.4, -0.2) is 9.97 Å². The van der Waals surface area contributed by atoms with Crippen molar-refractivity contribution in [1.82, 2.24) is 9.97 Å². The van der Waals surface area contributed by atoms with Crippen LogP contribution in [-0.2, 0) is 0 Å². The van der Waals surface area contributed by atoms with E-state index in [9.17, 15) is 0 Å². The highest BCUT2D eigenvalue weighted by Crippen LogP contribution is 2.21. The zero-order chi connectivity index (χ0) is 9.26. The van der Waals surface area contributed by atoms with Gasteiger partial charge in [0.15, 0.2) is 5.15 Å². The van der Waals surface area contributed by atoms with Gasteiger partial charge in [-0.2, -0.15) is 0 Å². The predicted octanol–water partition coefficient (Wildman–Crippen LogP) is 2.25. The molecule has 0 aliphatic rings. The number of rotatable bonds is 1. The van der Waals surface area contributed by atoms with Crippen molar-refractivity contribution in [2.24, 2.45) is 5.14 Å². The average molecular weight is 212 g/mol. The number of benzene rings is 1. The molecule has 1 heterocycles. The third-order valence-corrected chi connectivity index (χ3v) is 2.49. The highest BCUT2D eigenvalue weighted by molar-refractivity contribution is 7.97. The highest BCUT2D eigenvalue weighted by Gasteiger charge is 2.04. The van der Waals surface area contributed by atoms with E-state index in [1.165, 1.54) is 0 Å². The van der Waals surface area contributed by atoms with Crippen LogP contribution in [0.25, 0.3) is 11.0 Å². The maximum atomic E-state index is 5.83. The number of halogens is 1. The lowest BCUT2D eigenvalue weighted by Crippen LogP contribution is -1.91. The van der Waals surface area contributed by atoms with Crippen LogP contribution in [0.3, 0.4) is 0 Å². The van der Waals surface area contributed by atoms with Gasteiger partial charge in [-0.15, -0.1) is 0 Å². The molecule has 0 aliphatic carbocycles. The molecule has 2 rings (SSSR count). The second kappa shape index (κ2) is 3.49. The van der Waals surface area contributed by atoms with Crippen LogP contribution in [0.4, 0.5) is 0 Å². The van der Waals surface area contributed by atoms with Crippen LogP contribution in [0.2, 0.25) is 5.15 Å². The number of hydrogen-bond donors (Lipinski definition) is 1. The molecule has 0 amide bonds. The Morgan fingerprint density at radius 2 is 1.77 bits per heavy atom. The van der Waals surface area contributed by atoms with Gasteiger partial charge in [-0.3, -0.25) is 5.14 Å². The fourth-order valence-corrected chi connectivity index (χ4v) is 1.60. The molecule has 0 spiro atoms. The number of nitrogens with zero attached hydrogens (tertiary/aromatic N) is 2. The van der Waals surface area contributed by atoms with E-state index >= 15 is 0 Å². The van der Waals surface area contributed by atoms with Crippen molar-refractivity contribution >= 4 is 34.6 Å². The van der Waals surface area contributed by atoms with Crippen LogP contribution in [0.1, 0.15) is 0 Å². The Kier molecular flexibility index (Phi) is 2.35. The summed E-state index contributed by atoms with van der Waals surface area (Å²) >= 11 is 6.83. The van der Waals surface area contributed by atoms with Crippen molar-refractivity contribution in [3.63, 3.8) is 0 Å². The molecule has 66 valence electrons. The average Bonchev–Trinajstić information content (AvgIpc) is 2.17. The molecular weight excluding hydrogens is 206 g/mol. The van der Waals surface area contributed by atoms with Gasteiger partial charge in [0.05, 0.1) is 11.0 Å². The van der Waals surface area contributed by atoms with E-state index in [2.05, 4.69) is 9.97 Å². The summed E-state index contributed by atoms with van der Waals surface area (Å²) in [6.45, 7) is 0. The van der Waals surface area contributed by atoms with E-state index in [-0.39, 0.29) is 0 Å². The van der Waals surface area contributed by atoms with E-state index in [0.29, 0.717) is 10.2 Å². The van der Waals surface area contributed by atoms with E-state index < -0.39 is 0 Å². The molecule has 2 aromatic rings. The first-order chi connectivity index (χ1) is 6.31. The lowest BCUT2D eigenvalue weighted by molar-refractivity contribution is 1.12. The van der Waals surface area contributed by atoms with Crippen molar-refractivity contribution in [3.05, 3.63) is 29.4 Å². The molecule has 13 heavy (non-hydrogen) atoms. The van der Waals surface area contributed by atoms with Crippen molar-refractivity contribution in [1.29, 1.82) is 0 Å². The molecule has 0 atom stereocenters. The van der Waals surface area contributed by atoms with E-state index in [1.54, 1.807) is 0 Å². The van der Waals surface area contributed by atoms with Crippen LogP contribution in [0, 0.1) is 0 Å². The van der Waals surface area contributed by atoms with E-state index in [0.717, 1.165) is 23.0 Å². The van der Waals surface area contributed by atoms with E-state index in [1.807, 2.05) is 24.3 Å². The topological polar surface area (TPSA) is 51.8 Å². The molecular formula is C8H6ClN3S. The molecule has 0 radical (unpaired) electrons. The molecule has 2 N–H and O–H groups in total. The lowest BCUT2D eigenvalue weighted by Gasteiger charge is -2.00. The summed E-state index contributed by atoms with van der Waals surface area (Å²) in [5.74, 6) is 0. The quantitative estimate of drug-likeness (QED) is 0.736. The fourth-order valence-electron chi connectivity index (χ4n) is 1.04. The van der Waals surface area contributed by atoms with Gasteiger partial charge in [0.1, 0.15) is 5.03 Å². The van der Waals surface area contributed by atoms with Crippen LogP contribution >= 0.6 is 23.5 Å². The second-order valence-corrected chi connectivity index (χ2v) is 3.41. The maximum absolute atomic E-state index is 5.83. The van der Waals surface area contributed by atoms with Crippen molar-refractivity contribution in [3.8, 4) is 0 Å². The van der Waals surface area contributed by atoms with Crippen LogP contribution in [0.5, 0.6) is 0 Å². The minimum atomic E-state index is 0.353. The van der Waals surface area contributed by atoms with Crippen molar-refractivity contribution in [2.75, 3.05) is 0 Å². The minimum Gasteiger partial charge on any atom is -0.272 e. The molecule has 5 heteroatoms. The van der Waals surface area contributed by atoms with Crippen LogP contribution < -0.4 is 5.14 Å². The molecule has 0 fully saturated rings. The third-order valence-electron chi connectivity index (χ3n) is 1.61. The van der Waals surface area contributed by atoms with E-state index in [4.69, 9.17) is 16.7 Å². The number of nitrogens with two attached hydrogens (primary N) is 1. The largest absolute Gasteiger partial charge is 0.272 e. The first-order valence-electron chi connectivity index (χ1n) is 3.60. The molecule has 1 aromatic carbocycles. The minimum absolute atomic E-state index is 0.353. The molecule has 3 nitrogen and oxygen atoms in total. The normalized spacial score (nSPS) is 10.6. The van der Waals surface area contributed by atoms with Crippen molar-refractivity contribution in [2.45, 2.75) is 5.03 Å². The summed E-state index contributed by atoms with van der Waals surface area (Å²) in [6, 6.07) is 7.52. The van der Waals surface area contributed by atoms with Gasteiger partial charge >= 0.3 is 0 Å². The Hall–Kier alpha value is -0.840. The predicted molar refractivity (Wildman–Crippen MR) is 54.6 cm³/mol. The molecule has 0 saturated carbocycles. The van der Waals surface area contributed by atoms with Gasteiger partial charge in [-0.1, -0.05) is 23.7 Å². The van der Waals surface area contributed by atoms with Gasteiger partial charge in [-0.05, 0) is 24.1 Å². The summed E-state index contributed by atoms with van der Waals surface area (Å²) in [5, 5.41) is 6.28. The number of aromatic nitrogens is 2. The Morgan fingerprint density at radius 3 is 2.38 bits per heavy atom. The number of hydrogen-bond acceptors (Lipinski definition) is 4. The number of para-hydroxylation sites is 2. The smallest absolute Gasteiger partial charge is 0.163 e. The van der Waals surface area contributed by atoms with Crippen molar-refractivity contribution < 1.29 is 0 Å². The van der Waals surface area contributed by atoms with Gasteiger partial charge in [0.25, 0.3) is 0 Å². The summed E-state index contributed by atoms with van der Waals surface area (Å²) in [7, 11) is 0. The summed E-state index contributed by atoms with van der Waals surface area (Å²) < 4.78 is 0. The third kappa shape index (κ3) is 1.60. The molecule has 0 saturated heterocycles. The molecule has 0 aliphatic heterocycles. The molecule has 1 aromatic heterocycles. The zero-order valence-electron chi connectivity index (χ0n) is 6.57. The Morgan fingerprint density at radius 1 is 1.15 bits per heavy atom. The van der Waals surface area contributed by atoms with Crippen LogP contribution in [0.15, 0.2) is 29.3 Å². The van der Waals surface area contributed by atoms with Gasteiger partial charge < -0.3 is 0 Å². The maximum Gasteiger partial charge on any atom is 0.163 e. The first-order valence-corrected chi connectivity index (χ1v) is 4.86. The lowest BCUT2D eigenvalue weighted by atomic mass is 10.3. The number of fused-ring (bicyclic) bond motifs is 1. The Labute approximate surface area is 84.5 Å². The van der Waals surface area contributed by atoms with Gasteiger partial charge in [-0.25, -0.2) is 9.97 Å². The standard InChI is InChI=1S/C8H6ClN3S/c9-7-8(13-10)12-6-4-2-1-3-5(6)11-7/h1-4H,10H2. The monoisotopic (exact) mass is 211 g/mol. The molecule has 0 unspecified atom stereocenters. The first kappa shape index (κ1) is 8.74. The summed E-state index contributed by atoms with van der Waals surface area (Å²) in [5.41, 5.74) is 1.59. The summed E-state index contributed by atoms with van der Waals surface area (Å²) in [4.78, 5) is 8.39. The van der Waals surface area contributed by atoms with Gasteiger partial charge in [0, 0.05) is 0 Å². The summed E-state index contributed by atoms with van der Waals surface area (Å²) in [6.07, 6.45) is 0. The fraction of sp³-hybridized carbons (Fsp3) is 0. The zero-order valence-corrected chi connectivity index (χ0v) is 8.14. The molecule has 0 bridgehead atoms. The highest BCUT2D eigenvalue weighted by atomic mass is 35.5. The second-order valence-electron chi connectivity index (χ2n) is 2.43.